The third-order valence-electron chi connectivity index (χ3n) is 4.00. The van der Waals surface area contributed by atoms with Gasteiger partial charge in [0.05, 0.1) is 25.5 Å². The van der Waals surface area contributed by atoms with Crippen LogP contribution in [0, 0.1) is 5.92 Å². The van der Waals surface area contributed by atoms with Crippen molar-refractivity contribution >= 4 is 0 Å². The van der Waals surface area contributed by atoms with E-state index in [9.17, 15) is 0 Å². The van der Waals surface area contributed by atoms with Gasteiger partial charge in [-0.05, 0) is 33.0 Å². The van der Waals surface area contributed by atoms with Gasteiger partial charge in [-0.3, -0.25) is 4.68 Å². The molecule has 2 heterocycles. The molecule has 0 aliphatic carbocycles. The Morgan fingerprint density at radius 3 is 2.95 bits per heavy atom. The maximum absolute atomic E-state index is 5.51. The fourth-order valence-electron chi connectivity index (χ4n) is 2.74. The van der Waals surface area contributed by atoms with E-state index in [-0.39, 0.29) is 0 Å². The molecule has 1 fully saturated rings. The van der Waals surface area contributed by atoms with Crippen molar-refractivity contribution in [3.8, 4) is 5.75 Å². The van der Waals surface area contributed by atoms with Gasteiger partial charge in [0.2, 0.25) is 0 Å². The largest absolute Gasteiger partial charge is 0.493 e. The quantitative estimate of drug-likeness (QED) is 0.868. The van der Waals surface area contributed by atoms with Crippen LogP contribution in [0.5, 0.6) is 5.75 Å². The molecule has 2 rings (SSSR count). The molecular weight excluding hydrogens is 240 g/mol. The highest BCUT2D eigenvalue weighted by Crippen LogP contribution is 2.34. The molecule has 0 saturated carbocycles. The van der Waals surface area contributed by atoms with Gasteiger partial charge in [-0.25, -0.2) is 0 Å². The minimum absolute atomic E-state index is 0.494. The van der Waals surface area contributed by atoms with E-state index in [1.54, 1.807) is 7.11 Å². The molecule has 0 spiro atoms. The number of methoxy groups -OCH3 is 1. The van der Waals surface area contributed by atoms with E-state index in [1.807, 2.05) is 6.20 Å². The van der Waals surface area contributed by atoms with Crippen LogP contribution in [0.25, 0.3) is 0 Å². The van der Waals surface area contributed by atoms with Crippen molar-refractivity contribution in [2.75, 3.05) is 40.8 Å². The van der Waals surface area contributed by atoms with Gasteiger partial charge in [0, 0.05) is 19.0 Å². The maximum Gasteiger partial charge on any atom is 0.160 e. The Bertz CT molecular complexity index is 402. The first kappa shape index (κ1) is 14.3. The van der Waals surface area contributed by atoms with Crippen molar-refractivity contribution in [2.24, 2.45) is 5.92 Å². The highest BCUT2D eigenvalue weighted by atomic mass is 16.5. The van der Waals surface area contributed by atoms with E-state index in [2.05, 4.69) is 41.0 Å². The average Bonchev–Trinajstić information content (AvgIpc) is 2.79. The highest BCUT2D eigenvalue weighted by Gasteiger charge is 2.29. The van der Waals surface area contributed by atoms with E-state index in [0.29, 0.717) is 11.8 Å². The van der Waals surface area contributed by atoms with Crippen LogP contribution in [-0.4, -0.2) is 55.5 Å². The average molecular weight is 266 g/mol. The Balaban J connectivity index is 2.22. The lowest BCUT2D eigenvalue weighted by Crippen LogP contribution is -2.35. The minimum atomic E-state index is 0.494. The summed E-state index contributed by atoms with van der Waals surface area (Å²) in [4.78, 5) is 2.18. The Morgan fingerprint density at radius 2 is 2.32 bits per heavy atom. The van der Waals surface area contributed by atoms with Gasteiger partial charge in [0.15, 0.2) is 5.75 Å². The van der Waals surface area contributed by atoms with E-state index in [1.165, 1.54) is 12.1 Å². The molecule has 0 bridgehead atoms. The fraction of sp³-hybridized carbons (Fsp3) is 0.786. The molecule has 1 N–H and O–H groups in total. The van der Waals surface area contributed by atoms with Crippen LogP contribution in [0.1, 0.15) is 25.0 Å². The second-order valence-corrected chi connectivity index (χ2v) is 5.70. The van der Waals surface area contributed by atoms with E-state index in [0.717, 1.165) is 31.9 Å². The number of rotatable bonds is 5. The summed E-state index contributed by atoms with van der Waals surface area (Å²) in [5.41, 5.74) is 1.25. The van der Waals surface area contributed by atoms with E-state index >= 15 is 0 Å². The standard InChI is InChI=1S/C14H26N4O/c1-11-5-6-15-9-12(11)14-13(19-4)10-16-18(14)8-7-17(2)3/h10-12,15H,5-9H2,1-4H3. The van der Waals surface area contributed by atoms with Crippen LogP contribution < -0.4 is 10.1 Å². The third kappa shape index (κ3) is 3.28. The Labute approximate surface area is 115 Å². The van der Waals surface area contributed by atoms with Crippen LogP contribution in [0.4, 0.5) is 0 Å². The fourth-order valence-corrected chi connectivity index (χ4v) is 2.74. The summed E-state index contributed by atoms with van der Waals surface area (Å²) < 4.78 is 7.63. The van der Waals surface area contributed by atoms with Crippen LogP contribution >= 0.6 is 0 Å². The van der Waals surface area contributed by atoms with Crippen molar-refractivity contribution in [1.82, 2.24) is 20.0 Å². The van der Waals surface area contributed by atoms with Gasteiger partial charge in [0.25, 0.3) is 0 Å². The predicted octanol–water partition coefficient (Wildman–Crippen LogP) is 1.17. The lowest BCUT2D eigenvalue weighted by Gasteiger charge is -2.30. The summed E-state index contributed by atoms with van der Waals surface area (Å²) in [6.07, 6.45) is 3.07. The van der Waals surface area contributed by atoms with E-state index in [4.69, 9.17) is 4.74 Å². The first-order chi connectivity index (χ1) is 9.13. The van der Waals surface area contributed by atoms with Crippen molar-refractivity contribution in [3.05, 3.63) is 11.9 Å². The Hall–Kier alpha value is -1.07. The smallest absolute Gasteiger partial charge is 0.160 e. The zero-order valence-corrected chi connectivity index (χ0v) is 12.5. The number of ether oxygens (including phenoxy) is 1. The van der Waals surface area contributed by atoms with Gasteiger partial charge in [-0.1, -0.05) is 6.92 Å². The molecule has 5 heteroatoms. The number of nitrogens with one attached hydrogen (secondary N) is 1. The molecule has 1 saturated heterocycles. The number of likely N-dealkylation sites (N-methyl/N-ethyl adjacent to an activating group) is 1. The maximum atomic E-state index is 5.51. The Morgan fingerprint density at radius 1 is 1.53 bits per heavy atom. The molecular formula is C14H26N4O. The molecule has 19 heavy (non-hydrogen) atoms. The molecule has 1 aromatic heterocycles. The van der Waals surface area contributed by atoms with Crippen LogP contribution in [0.3, 0.4) is 0 Å². The molecule has 2 unspecified atom stereocenters. The SMILES string of the molecule is COc1cnn(CCN(C)C)c1C1CNCCC1C. The molecule has 1 aromatic rings. The summed E-state index contributed by atoms with van der Waals surface area (Å²) in [5, 5.41) is 8.00. The topological polar surface area (TPSA) is 42.3 Å². The first-order valence-corrected chi connectivity index (χ1v) is 7.08. The zero-order valence-electron chi connectivity index (χ0n) is 12.5. The summed E-state index contributed by atoms with van der Waals surface area (Å²) in [6, 6.07) is 0. The molecule has 1 aliphatic rings. The van der Waals surface area contributed by atoms with Crippen molar-refractivity contribution in [1.29, 1.82) is 0 Å². The number of aromatic nitrogens is 2. The summed E-state index contributed by atoms with van der Waals surface area (Å²) in [5.74, 6) is 2.10. The number of piperidine rings is 1. The van der Waals surface area contributed by atoms with Crippen LogP contribution in [-0.2, 0) is 6.54 Å². The third-order valence-corrected chi connectivity index (χ3v) is 4.00. The normalized spacial score (nSPS) is 23.8. The predicted molar refractivity (Wildman–Crippen MR) is 76.7 cm³/mol. The zero-order chi connectivity index (χ0) is 13.8. The van der Waals surface area contributed by atoms with Gasteiger partial charge < -0.3 is 15.0 Å². The summed E-state index contributed by atoms with van der Waals surface area (Å²) >= 11 is 0. The van der Waals surface area contributed by atoms with Crippen molar-refractivity contribution < 1.29 is 4.74 Å². The second-order valence-electron chi connectivity index (χ2n) is 5.70. The molecule has 0 aromatic carbocycles. The molecule has 1 aliphatic heterocycles. The van der Waals surface area contributed by atoms with E-state index < -0.39 is 0 Å². The van der Waals surface area contributed by atoms with Crippen LogP contribution in [0.15, 0.2) is 6.20 Å². The first-order valence-electron chi connectivity index (χ1n) is 7.08. The molecule has 0 radical (unpaired) electrons. The van der Waals surface area contributed by atoms with Crippen molar-refractivity contribution in [3.63, 3.8) is 0 Å². The van der Waals surface area contributed by atoms with Gasteiger partial charge in [-0.15, -0.1) is 0 Å². The summed E-state index contributed by atoms with van der Waals surface area (Å²) in [7, 11) is 5.91. The van der Waals surface area contributed by atoms with Crippen molar-refractivity contribution in [2.45, 2.75) is 25.8 Å². The minimum Gasteiger partial charge on any atom is -0.493 e. The van der Waals surface area contributed by atoms with Gasteiger partial charge >= 0.3 is 0 Å². The highest BCUT2D eigenvalue weighted by molar-refractivity contribution is 5.30. The number of nitrogens with zero attached hydrogens (tertiary/aromatic N) is 3. The van der Waals surface area contributed by atoms with Crippen LogP contribution in [0.2, 0.25) is 0 Å². The number of hydrogen-bond donors (Lipinski definition) is 1. The molecule has 0 amide bonds. The molecule has 5 nitrogen and oxygen atoms in total. The lowest BCUT2D eigenvalue weighted by molar-refractivity contribution is 0.308. The molecule has 2 atom stereocenters. The number of hydrogen-bond acceptors (Lipinski definition) is 4. The monoisotopic (exact) mass is 266 g/mol. The lowest BCUT2D eigenvalue weighted by atomic mass is 9.85. The Kier molecular flexibility index (Phi) is 4.82. The summed E-state index contributed by atoms with van der Waals surface area (Å²) in [6.45, 7) is 6.37. The van der Waals surface area contributed by atoms with Gasteiger partial charge in [0.1, 0.15) is 0 Å². The van der Waals surface area contributed by atoms with Gasteiger partial charge in [-0.2, -0.15) is 5.10 Å². The second kappa shape index (κ2) is 6.39. The molecule has 108 valence electrons.